The van der Waals surface area contributed by atoms with Crippen LogP contribution >= 0.6 is 23.2 Å². The molecule has 9 heteroatoms. The molecule has 1 aliphatic carbocycles. The summed E-state index contributed by atoms with van der Waals surface area (Å²) < 4.78 is 5.91. The van der Waals surface area contributed by atoms with Gasteiger partial charge in [-0.1, -0.05) is 23.2 Å². The summed E-state index contributed by atoms with van der Waals surface area (Å²) in [6.45, 7) is 2.88. The maximum atomic E-state index is 13.7. The summed E-state index contributed by atoms with van der Waals surface area (Å²) in [6.07, 6.45) is 6.81. The molecule has 2 fully saturated rings. The molecule has 164 valence electrons. The average molecular weight is 470 g/mol. The minimum Gasteiger partial charge on any atom is -0.475 e. The number of rotatable bonds is 5. The van der Waals surface area contributed by atoms with Gasteiger partial charge in [0, 0.05) is 30.7 Å². The van der Waals surface area contributed by atoms with Crippen LogP contribution in [-0.2, 0) is 0 Å². The molecule has 0 bridgehead atoms. The van der Waals surface area contributed by atoms with Gasteiger partial charge in [0.2, 0.25) is 5.88 Å². The van der Waals surface area contributed by atoms with Crippen molar-refractivity contribution in [2.75, 3.05) is 13.2 Å². The highest BCUT2D eigenvalue weighted by Crippen LogP contribution is 2.47. The summed E-state index contributed by atoms with van der Waals surface area (Å²) in [7, 11) is 0. The van der Waals surface area contributed by atoms with Gasteiger partial charge < -0.3 is 9.64 Å². The number of likely N-dealkylation sites (tertiary alicyclic amines) is 1. The van der Waals surface area contributed by atoms with E-state index in [1.165, 1.54) is 6.20 Å². The van der Waals surface area contributed by atoms with Crippen molar-refractivity contribution < 1.29 is 9.53 Å². The van der Waals surface area contributed by atoms with Crippen LogP contribution in [0.1, 0.15) is 29.0 Å². The molecule has 3 atom stereocenters. The minimum atomic E-state index is -0.128. The molecular weight excluding hydrogens is 449 g/mol. The standard InChI is InChI=1S/C23H21Cl2N5O2/c1-13-3-4-17(22-26-5-2-6-27-22)21(29-13)23(31)30-11-15-7-14(15)8-16(30)12-32-20-9-18(24)19(25)10-28-20/h2-6,9-10,14-16H,7-8,11-12H2,1H3. The molecule has 1 amide bonds. The number of fused-ring (bicyclic) bond motifs is 1. The molecule has 0 aromatic carbocycles. The van der Waals surface area contributed by atoms with Crippen LogP contribution in [0.4, 0.5) is 0 Å². The summed E-state index contributed by atoms with van der Waals surface area (Å²) in [5, 5.41) is 0.752. The number of carbonyl (C=O) groups excluding carboxylic acids is 1. The normalized spacial score (nSPS) is 21.7. The summed E-state index contributed by atoms with van der Waals surface area (Å²) in [5.74, 6) is 1.92. The Hall–Kier alpha value is -2.77. The van der Waals surface area contributed by atoms with E-state index in [0.717, 1.165) is 18.5 Å². The van der Waals surface area contributed by atoms with Crippen LogP contribution < -0.4 is 4.74 Å². The first-order valence-corrected chi connectivity index (χ1v) is 11.2. The number of aromatic nitrogens is 4. The van der Waals surface area contributed by atoms with Crippen LogP contribution in [0, 0.1) is 18.8 Å². The average Bonchev–Trinajstić information content (AvgIpc) is 3.57. The first kappa shape index (κ1) is 21.1. The van der Waals surface area contributed by atoms with E-state index in [4.69, 9.17) is 27.9 Å². The van der Waals surface area contributed by atoms with Gasteiger partial charge in [0.25, 0.3) is 5.91 Å². The molecule has 1 saturated carbocycles. The lowest BCUT2D eigenvalue weighted by atomic mass is 10.0. The number of nitrogens with zero attached hydrogens (tertiary/aromatic N) is 5. The van der Waals surface area contributed by atoms with Gasteiger partial charge in [-0.05, 0) is 49.8 Å². The number of amides is 1. The van der Waals surface area contributed by atoms with Crippen molar-refractivity contribution in [3.63, 3.8) is 0 Å². The van der Waals surface area contributed by atoms with Gasteiger partial charge in [-0.2, -0.15) is 0 Å². The maximum Gasteiger partial charge on any atom is 0.273 e. The van der Waals surface area contributed by atoms with E-state index in [9.17, 15) is 4.79 Å². The monoisotopic (exact) mass is 469 g/mol. The third kappa shape index (κ3) is 4.27. The van der Waals surface area contributed by atoms with Crippen molar-refractivity contribution in [2.45, 2.75) is 25.8 Å². The number of piperidine rings is 1. The first-order valence-electron chi connectivity index (χ1n) is 10.5. The highest BCUT2D eigenvalue weighted by Gasteiger charge is 2.47. The highest BCUT2D eigenvalue weighted by atomic mass is 35.5. The number of pyridine rings is 2. The van der Waals surface area contributed by atoms with Gasteiger partial charge in [0.05, 0.1) is 27.8 Å². The lowest BCUT2D eigenvalue weighted by molar-refractivity contribution is 0.0503. The molecule has 3 aromatic rings. The summed E-state index contributed by atoms with van der Waals surface area (Å²) in [5.41, 5.74) is 1.76. The van der Waals surface area contributed by atoms with E-state index in [2.05, 4.69) is 19.9 Å². The van der Waals surface area contributed by atoms with Crippen LogP contribution in [-0.4, -0.2) is 49.9 Å². The van der Waals surface area contributed by atoms with E-state index in [1.54, 1.807) is 24.5 Å². The van der Waals surface area contributed by atoms with Gasteiger partial charge in [0.1, 0.15) is 12.3 Å². The zero-order valence-corrected chi connectivity index (χ0v) is 18.9. The predicted molar refractivity (Wildman–Crippen MR) is 121 cm³/mol. The third-order valence-electron chi connectivity index (χ3n) is 6.03. The number of hydrogen-bond donors (Lipinski definition) is 0. The van der Waals surface area contributed by atoms with Crippen LogP contribution in [0.5, 0.6) is 5.88 Å². The van der Waals surface area contributed by atoms with E-state index in [0.29, 0.717) is 58.0 Å². The molecule has 32 heavy (non-hydrogen) atoms. The van der Waals surface area contributed by atoms with E-state index in [1.807, 2.05) is 24.0 Å². The first-order chi connectivity index (χ1) is 15.5. The highest BCUT2D eigenvalue weighted by molar-refractivity contribution is 6.41. The molecule has 1 aliphatic heterocycles. The predicted octanol–water partition coefficient (Wildman–Crippen LogP) is 4.48. The van der Waals surface area contributed by atoms with Gasteiger partial charge in [-0.3, -0.25) is 4.79 Å². The smallest absolute Gasteiger partial charge is 0.273 e. The van der Waals surface area contributed by atoms with E-state index >= 15 is 0 Å². The molecule has 0 N–H and O–H groups in total. The SMILES string of the molecule is Cc1ccc(-c2ncccn2)c(C(=O)N2CC3CC3CC2COc2cc(Cl)c(Cl)cn2)n1. The minimum absolute atomic E-state index is 0.0886. The maximum absolute atomic E-state index is 13.7. The van der Waals surface area contributed by atoms with Crippen LogP contribution in [0.15, 0.2) is 42.9 Å². The van der Waals surface area contributed by atoms with E-state index in [-0.39, 0.29) is 11.9 Å². The quantitative estimate of drug-likeness (QED) is 0.547. The van der Waals surface area contributed by atoms with Gasteiger partial charge in [-0.15, -0.1) is 0 Å². The summed E-state index contributed by atoms with van der Waals surface area (Å²) in [6, 6.07) is 6.97. The molecular formula is C23H21Cl2N5O2. The van der Waals surface area contributed by atoms with Gasteiger partial charge in [-0.25, -0.2) is 19.9 Å². The Morgan fingerprint density at radius 2 is 1.94 bits per heavy atom. The number of carbonyl (C=O) groups is 1. The van der Waals surface area contributed by atoms with Crippen LogP contribution in [0.2, 0.25) is 10.0 Å². The Bertz CT molecular complexity index is 1160. The molecule has 4 heterocycles. The Balaban J connectivity index is 1.41. The van der Waals surface area contributed by atoms with Gasteiger partial charge in [0.15, 0.2) is 5.82 Å². The second kappa shape index (κ2) is 8.64. The second-order valence-corrected chi connectivity index (χ2v) is 9.09. The van der Waals surface area contributed by atoms with E-state index < -0.39 is 0 Å². The molecule has 0 spiro atoms. The Kier molecular flexibility index (Phi) is 5.69. The molecule has 1 saturated heterocycles. The zero-order chi connectivity index (χ0) is 22.2. The lowest BCUT2D eigenvalue weighted by Gasteiger charge is -2.35. The van der Waals surface area contributed by atoms with Crippen molar-refractivity contribution in [3.8, 4) is 17.3 Å². The molecule has 5 rings (SSSR count). The van der Waals surface area contributed by atoms with Crippen molar-refractivity contribution in [2.24, 2.45) is 11.8 Å². The van der Waals surface area contributed by atoms with Crippen LogP contribution in [0.25, 0.3) is 11.4 Å². The fraction of sp³-hybridized carbons (Fsp3) is 0.348. The topological polar surface area (TPSA) is 81.1 Å². The number of halogens is 2. The fourth-order valence-corrected chi connectivity index (χ4v) is 4.48. The van der Waals surface area contributed by atoms with Crippen molar-refractivity contribution in [1.29, 1.82) is 0 Å². The van der Waals surface area contributed by atoms with Crippen molar-refractivity contribution >= 4 is 29.1 Å². The zero-order valence-electron chi connectivity index (χ0n) is 17.4. The molecule has 3 aromatic heterocycles. The molecule has 0 radical (unpaired) electrons. The largest absolute Gasteiger partial charge is 0.475 e. The number of aryl methyl sites for hydroxylation is 1. The number of ether oxygens (including phenoxy) is 1. The van der Waals surface area contributed by atoms with Crippen molar-refractivity contribution in [1.82, 2.24) is 24.8 Å². The Morgan fingerprint density at radius 1 is 1.12 bits per heavy atom. The lowest BCUT2D eigenvalue weighted by Crippen LogP contribution is -2.48. The van der Waals surface area contributed by atoms with Crippen molar-refractivity contribution in [3.05, 3.63) is 64.3 Å². The molecule has 7 nitrogen and oxygen atoms in total. The summed E-state index contributed by atoms with van der Waals surface area (Å²) >= 11 is 12.0. The number of hydrogen-bond acceptors (Lipinski definition) is 6. The second-order valence-electron chi connectivity index (χ2n) is 8.27. The molecule has 3 unspecified atom stereocenters. The summed E-state index contributed by atoms with van der Waals surface area (Å²) in [4.78, 5) is 33.0. The third-order valence-corrected chi connectivity index (χ3v) is 6.74. The Labute approximate surface area is 195 Å². The Morgan fingerprint density at radius 3 is 2.72 bits per heavy atom. The van der Waals surface area contributed by atoms with Crippen LogP contribution in [0.3, 0.4) is 0 Å². The molecule has 2 aliphatic rings. The fourth-order valence-electron chi connectivity index (χ4n) is 4.24. The van der Waals surface area contributed by atoms with Gasteiger partial charge >= 0.3 is 0 Å².